The molecule has 1 aromatic carbocycles. The third kappa shape index (κ3) is 2.00. The van der Waals surface area contributed by atoms with Crippen molar-refractivity contribution in [1.29, 1.82) is 0 Å². The van der Waals surface area contributed by atoms with Crippen LogP contribution in [0.5, 0.6) is 0 Å². The number of aryl methyl sites for hydroxylation is 1. The lowest BCUT2D eigenvalue weighted by atomic mass is 10.1. The first-order valence-corrected chi connectivity index (χ1v) is 7.80. The minimum absolute atomic E-state index is 0.0367. The largest absolute Gasteiger partial charge is 0.350 e. The number of aromatic nitrogens is 1. The number of nitrogens with zero attached hydrogens (tertiary/aromatic N) is 2. The van der Waals surface area contributed by atoms with Crippen molar-refractivity contribution in [3.8, 4) is 0 Å². The van der Waals surface area contributed by atoms with Gasteiger partial charge < -0.3 is 14.8 Å². The Morgan fingerprint density at radius 3 is 3.00 bits per heavy atom. The number of carbonyl (C=O) groups excluding carboxylic acids is 2. The number of aromatic amines is 1. The fraction of sp³-hybridized carbons (Fsp3) is 0.412. The summed E-state index contributed by atoms with van der Waals surface area (Å²) in [4.78, 5) is 31.5. The summed E-state index contributed by atoms with van der Waals surface area (Å²) in [6.07, 6.45) is 1.49. The smallest absolute Gasteiger partial charge is 0.270 e. The van der Waals surface area contributed by atoms with Crippen molar-refractivity contribution in [3.05, 3.63) is 35.5 Å². The van der Waals surface area contributed by atoms with E-state index in [2.05, 4.69) is 4.98 Å². The molecule has 0 radical (unpaired) electrons. The Morgan fingerprint density at radius 2 is 2.18 bits per heavy atom. The number of hydrogen-bond acceptors (Lipinski definition) is 2. The molecule has 0 aliphatic carbocycles. The zero-order valence-electron chi connectivity index (χ0n) is 12.6. The number of carbonyl (C=O) groups is 2. The average molecular weight is 297 g/mol. The number of H-pyrrole nitrogens is 1. The van der Waals surface area contributed by atoms with Crippen LogP contribution in [-0.2, 0) is 4.79 Å². The van der Waals surface area contributed by atoms with Gasteiger partial charge in [-0.1, -0.05) is 18.2 Å². The van der Waals surface area contributed by atoms with Crippen LogP contribution in [0.2, 0.25) is 0 Å². The van der Waals surface area contributed by atoms with Gasteiger partial charge in [0.2, 0.25) is 5.91 Å². The highest BCUT2D eigenvalue weighted by Crippen LogP contribution is 2.25. The molecule has 0 spiro atoms. The first-order chi connectivity index (χ1) is 10.6. The van der Waals surface area contributed by atoms with Crippen molar-refractivity contribution >= 4 is 22.7 Å². The van der Waals surface area contributed by atoms with Crippen LogP contribution in [-0.4, -0.2) is 52.3 Å². The predicted octanol–water partition coefficient (Wildman–Crippen LogP) is 1.92. The van der Waals surface area contributed by atoms with Crippen LogP contribution in [0.15, 0.2) is 24.3 Å². The molecule has 2 aliphatic heterocycles. The SMILES string of the molecule is Cc1cccc2cc(C(=O)N3CCN4C(=O)CCC4C3)[nH]c12. The van der Waals surface area contributed by atoms with Crippen molar-refractivity contribution < 1.29 is 9.59 Å². The number of fused-ring (bicyclic) bond motifs is 2. The fourth-order valence-electron chi connectivity index (χ4n) is 3.64. The van der Waals surface area contributed by atoms with E-state index in [0.717, 1.165) is 22.9 Å². The molecule has 114 valence electrons. The van der Waals surface area contributed by atoms with Crippen molar-refractivity contribution in [2.45, 2.75) is 25.8 Å². The molecule has 2 fully saturated rings. The number of piperazine rings is 1. The monoisotopic (exact) mass is 297 g/mol. The molecule has 2 saturated heterocycles. The van der Waals surface area contributed by atoms with Gasteiger partial charge in [0.15, 0.2) is 0 Å². The quantitative estimate of drug-likeness (QED) is 0.874. The van der Waals surface area contributed by atoms with Gasteiger partial charge in [-0.25, -0.2) is 0 Å². The first kappa shape index (κ1) is 13.4. The molecule has 0 bridgehead atoms. The van der Waals surface area contributed by atoms with Gasteiger partial charge in [0.05, 0.1) is 0 Å². The lowest BCUT2D eigenvalue weighted by molar-refractivity contribution is -0.130. The van der Waals surface area contributed by atoms with E-state index in [-0.39, 0.29) is 17.9 Å². The maximum absolute atomic E-state index is 12.7. The Bertz CT molecular complexity index is 764. The van der Waals surface area contributed by atoms with E-state index in [4.69, 9.17) is 0 Å². The molecule has 1 N–H and O–H groups in total. The van der Waals surface area contributed by atoms with Crippen LogP contribution in [0.25, 0.3) is 10.9 Å². The standard InChI is InChI=1S/C17H19N3O2/c1-11-3-2-4-12-9-14(18-16(11)12)17(22)19-7-8-20-13(10-19)5-6-15(20)21/h2-4,9,13,18H,5-8,10H2,1H3. The molecule has 3 heterocycles. The predicted molar refractivity (Wildman–Crippen MR) is 83.7 cm³/mol. The third-order valence-corrected chi connectivity index (χ3v) is 4.88. The second kappa shape index (κ2) is 4.87. The molecule has 4 rings (SSSR count). The van der Waals surface area contributed by atoms with E-state index in [1.807, 2.05) is 41.0 Å². The summed E-state index contributed by atoms with van der Waals surface area (Å²) >= 11 is 0. The summed E-state index contributed by atoms with van der Waals surface area (Å²) in [5.41, 5.74) is 2.81. The Kier molecular flexibility index (Phi) is 2.96. The number of nitrogens with one attached hydrogen (secondary N) is 1. The second-order valence-corrected chi connectivity index (χ2v) is 6.25. The molecule has 22 heavy (non-hydrogen) atoms. The minimum Gasteiger partial charge on any atom is -0.350 e. The number of rotatable bonds is 1. The van der Waals surface area contributed by atoms with Crippen molar-refractivity contribution in [3.63, 3.8) is 0 Å². The summed E-state index contributed by atoms with van der Waals surface area (Å²) in [6, 6.07) is 8.19. The molecule has 5 nitrogen and oxygen atoms in total. The van der Waals surface area contributed by atoms with E-state index in [9.17, 15) is 9.59 Å². The second-order valence-electron chi connectivity index (χ2n) is 6.25. The van der Waals surface area contributed by atoms with Gasteiger partial charge in [0.1, 0.15) is 5.69 Å². The molecular formula is C17H19N3O2. The molecule has 1 unspecified atom stereocenters. The highest BCUT2D eigenvalue weighted by molar-refractivity contribution is 5.98. The van der Waals surface area contributed by atoms with Crippen LogP contribution in [0, 0.1) is 6.92 Å². The third-order valence-electron chi connectivity index (χ3n) is 4.88. The van der Waals surface area contributed by atoms with Gasteiger partial charge in [-0.15, -0.1) is 0 Å². The fourth-order valence-corrected chi connectivity index (χ4v) is 3.64. The summed E-state index contributed by atoms with van der Waals surface area (Å²) < 4.78 is 0. The Balaban J connectivity index is 1.58. The van der Waals surface area contributed by atoms with Crippen LogP contribution in [0.1, 0.15) is 28.9 Å². The van der Waals surface area contributed by atoms with Crippen LogP contribution >= 0.6 is 0 Å². The molecule has 5 heteroatoms. The maximum atomic E-state index is 12.7. The van der Waals surface area contributed by atoms with E-state index in [1.165, 1.54) is 0 Å². The van der Waals surface area contributed by atoms with E-state index in [0.29, 0.717) is 31.7 Å². The zero-order valence-corrected chi connectivity index (χ0v) is 12.6. The summed E-state index contributed by atoms with van der Waals surface area (Å²) in [5.74, 6) is 0.271. The average Bonchev–Trinajstić information content (AvgIpc) is 3.11. The molecule has 0 saturated carbocycles. The normalized spacial score (nSPS) is 21.5. The lowest BCUT2D eigenvalue weighted by Gasteiger charge is -2.37. The molecule has 1 atom stereocenters. The molecular weight excluding hydrogens is 278 g/mol. The van der Waals surface area contributed by atoms with Crippen LogP contribution < -0.4 is 0 Å². The van der Waals surface area contributed by atoms with Crippen molar-refractivity contribution in [2.75, 3.05) is 19.6 Å². The van der Waals surface area contributed by atoms with Gasteiger partial charge in [0, 0.05) is 43.0 Å². The molecule has 2 aliphatic rings. The number of amides is 2. The van der Waals surface area contributed by atoms with E-state index in [1.54, 1.807) is 0 Å². The minimum atomic E-state index is 0.0367. The summed E-state index contributed by atoms with van der Waals surface area (Å²) in [5, 5.41) is 1.07. The Morgan fingerprint density at radius 1 is 1.32 bits per heavy atom. The number of para-hydroxylation sites is 1. The van der Waals surface area contributed by atoms with Gasteiger partial charge in [-0.3, -0.25) is 9.59 Å². The highest BCUT2D eigenvalue weighted by atomic mass is 16.2. The first-order valence-electron chi connectivity index (χ1n) is 7.80. The Hall–Kier alpha value is -2.30. The molecule has 2 aromatic rings. The van der Waals surface area contributed by atoms with E-state index < -0.39 is 0 Å². The van der Waals surface area contributed by atoms with Crippen molar-refractivity contribution in [1.82, 2.24) is 14.8 Å². The zero-order chi connectivity index (χ0) is 15.3. The lowest BCUT2D eigenvalue weighted by Crippen LogP contribution is -2.53. The maximum Gasteiger partial charge on any atom is 0.270 e. The van der Waals surface area contributed by atoms with E-state index >= 15 is 0 Å². The topological polar surface area (TPSA) is 56.4 Å². The Labute approximate surface area is 128 Å². The number of benzene rings is 1. The number of hydrogen-bond donors (Lipinski definition) is 1. The van der Waals surface area contributed by atoms with Gasteiger partial charge in [-0.2, -0.15) is 0 Å². The van der Waals surface area contributed by atoms with Gasteiger partial charge in [0.25, 0.3) is 5.91 Å². The van der Waals surface area contributed by atoms with Gasteiger partial charge >= 0.3 is 0 Å². The molecule has 1 aromatic heterocycles. The summed E-state index contributed by atoms with van der Waals surface area (Å²) in [6.45, 7) is 3.97. The highest BCUT2D eigenvalue weighted by Gasteiger charge is 2.37. The molecule has 2 amide bonds. The van der Waals surface area contributed by atoms with Crippen molar-refractivity contribution in [2.24, 2.45) is 0 Å². The van der Waals surface area contributed by atoms with Crippen LogP contribution in [0.4, 0.5) is 0 Å². The van der Waals surface area contributed by atoms with Crippen LogP contribution in [0.3, 0.4) is 0 Å². The van der Waals surface area contributed by atoms with Gasteiger partial charge in [-0.05, 0) is 25.0 Å². The summed E-state index contributed by atoms with van der Waals surface area (Å²) in [7, 11) is 0.